The second-order valence-corrected chi connectivity index (χ2v) is 8.45. The molecule has 1 fully saturated rings. The third-order valence-corrected chi connectivity index (χ3v) is 6.07. The van der Waals surface area contributed by atoms with E-state index in [2.05, 4.69) is 27.5 Å². The van der Waals surface area contributed by atoms with Crippen molar-refractivity contribution in [2.75, 3.05) is 22.1 Å². The second kappa shape index (κ2) is 8.28. The minimum absolute atomic E-state index is 0.130. The van der Waals surface area contributed by atoms with E-state index >= 15 is 0 Å². The number of amides is 2. The van der Waals surface area contributed by atoms with Crippen LogP contribution in [0.2, 0.25) is 10.0 Å². The van der Waals surface area contributed by atoms with Crippen LogP contribution in [0.1, 0.15) is 44.1 Å². The van der Waals surface area contributed by atoms with Gasteiger partial charge in [0.05, 0.1) is 22.2 Å². The van der Waals surface area contributed by atoms with Gasteiger partial charge in [-0.3, -0.25) is 19.4 Å². The number of H-pyrrole nitrogens is 1. The van der Waals surface area contributed by atoms with Gasteiger partial charge in [-0.15, -0.1) is 0 Å². The van der Waals surface area contributed by atoms with Gasteiger partial charge in [0.2, 0.25) is 17.8 Å². The maximum absolute atomic E-state index is 12.9. The average molecular weight is 450 g/mol. The van der Waals surface area contributed by atoms with Crippen molar-refractivity contribution in [2.24, 2.45) is 0 Å². The summed E-state index contributed by atoms with van der Waals surface area (Å²) in [5.74, 6) is -1.33. The van der Waals surface area contributed by atoms with Crippen LogP contribution in [0.3, 0.4) is 0 Å². The summed E-state index contributed by atoms with van der Waals surface area (Å²) in [7, 11) is 0. The number of carbonyl (C=O) groups is 2. The smallest absolute Gasteiger partial charge is 0.258 e. The van der Waals surface area contributed by atoms with Crippen LogP contribution in [0.5, 0.6) is 0 Å². The van der Waals surface area contributed by atoms with Crippen molar-refractivity contribution in [3.8, 4) is 0 Å². The van der Waals surface area contributed by atoms with Crippen LogP contribution >= 0.6 is 23.2 Å². The highest BCUT2D eigenvalue weighted by molar-refractivity contribution is 6.36. The first-order valence-corrected chi connectivity index (χ1v) is 10.6. The van der Waals surface area contributed by atoms with Gasteiger partial charge in [-0.2, -0.15) is 4.98 Å². The molecule has 0 unspecified atom stereocenters. The number of nitrogens with zero attached hydrogens (tertiary/aromatic N) is 2. The molecular weight excluding hydrogens is 429 g/mol. The standard InChI is InChI=1S/C20H21Cl2N5O3/c1-10-4-2-3-7-27(10)20-25-17-16(19(30)26-20)12(9-15(28)24-17)18(29)23-14-6-5-11(21)8-13(14)22/h5-6,8,10,12H,2-4,7,9H2,1H3,(H,23,29)(H2,24,25,26,28,30)/t10-,12-/m0/s1. The zero-order chi connectivity index (χ0) is 21.4. The summed E-state index contributed by atoms with van der Waals surface area (Å²) in [6.07, 6.45) is 2.97. The molecule has 2 aliphatic rings. The van der Waals surface area contributed by atoms with E-state index in [1.165, 1.54) is 6.07 Å². The first-order chi connectivity index (χ1) is 14.3. The van der Waals surface area contributed by atoms with E-state index in [0.29, 0.717) is 16.7 Å². The van der Waals surface area contributed by atoms with Crippen LogP contribution in [0.15, 0.2) is 23.0 Å². The summed E-state index contributed by atoms with van der Waals surface area (Å²) >= 11 is 12.0. The van der Waals surface area contributed by atoms with E-state index in [1.54, 1.807) is 12.1 Å². The van der Waals surface area contributed by atoms with Gasteiger partial charge in [0, 0.05) is 24.0 Å². The number of aromatic amines is 1. The van der Waals surface area contributed by atoms with Gasteiger partial charge in [0.25, 0.3) is 5.56 Å². The molecule has 158 valence electrons. The van der Waals surface area contributed by atoms with E-state index in [-0.39, 0.29) is 34.8 Å². The molecule has 0 saturated carbocycles. The van der Waals surface area contributed by atoms with Crippen molar-refractivity contribution in [3.05, 3.63) is 44.2 Å². The molecule has 0 radical (unpaired) electrons. The summed E-state index contributed by atoms with van der Waals surface area (Å²) < 4.78 is 0. The number of nitrogens with one attached hydrogen (secondary N) is 3. The van der Waals surface area contributed by atoms with Gasteiger partial charge in [-0.1, -0.05) is 23.2 Å². The lowest BCUT2D eigenvalue weighted by atomic mass is 9.92. The predicted molar refractivity (Wildman–Crippen MR) is 117 cm³/mol. The van der Waals surface area contributed by atoms with Crippen LogP contribution < -0.4 is 21.1 Å². The topological polar surface area (TPSA) is 107 Å². The third-order valence-electron chi connectivity index (χ3n) is 5.52. The quantitative estimate of drug-likeness (QED) is 0.664. The summed E-state index contributed by atoms with van der Waals surface area (Å²) in [4.78, 5) is 47.4. The van der Waals surface area contributed by atoms with Gasteiger partial charge in [-0.05, 0) is 44.4 Å². The largest absolute Gasteiger partial charge is 0.340 e. The molecule has 1 aromatic carbocycles. The normalized spacial score (nSPS) is 21.0. The molecule has 0 spiro atoms. The molecule has 2 atom stereocenters. The minimum atomic E-state index is -0.982. The molecule has 2 aliphatic heterocycles. The SMILES string of the molecule is C[C@H]1CCCCN1c1nc2c(c(=O)[nH]1)[C@@H](C(=O)Nc1ccc(Cl)cc1Cl)CC(=O)N2. The lowest BCUT2D eigenvalue weighted by Gasteiger charge is -2.34. The highest BCUT2D eigenvalue weighted by Crippen LogP contribution is 2.32. The van der Waals surface area contributed by atoms with E-state index in [1.807, 2.05) is 4.90 Å². The lowest BCUT2D eigenvalue weighted by molar-refractivity contribution is -0.123. The monoisotopic (exact) mass is 449 g/mol. The van der Waals surface area contributed by atoms with Gasteiger partial charge in [0.15, 0.2) is 0 Å². The fourth-order valence-corrected chi connectivity index (χ4v) is 4.40. The Bertz CT molecular complexity index is 1070. The molecule has 8 nitrogen and oxygen atoms in total. The zero-order valence-electron chi connectivity index (χ0n) is 16.3. The lowest BCUT2D eigenvalue weighted by Crippen LogP contribution is -2.42. The number of fused-ring (bicyclic) bond motifs is 1. The van der Waals surface area contributed by atoms with Crippen molar-refractivity contribution in [1.82, 2.24) is 9.97 Å². The maximum Gasteiger partial charge on any atom is 0.258 e. The predicted octanol–water partition coefficient (Wildman–Crippen LogP) is 3.52. The van der Waals surface area contributed by atoms with E-state index in [4.69, 9.17) is 23.2 Å². The molecule has 0 bridgehead atoms. The highest BCUT2D eigenvalue weighted by Gasteiger charge is 2.35. The van der Waals surface area contributed by atoms with E-state index < -0.39 is 17.4 Å². The number of rotatable bonds is 3. The first kappa shape index (κ1) is 20.7. The molecule has 10 heteroatoms. The molecule has 2 amide bonds. The van der Waals surface area contributed by atoms with Crippen molar-refractivity contribution in [2.45, 2.75) is 44.6 Å². The minimum Gasteiger partial charge on any atom is -0.340 e. The Labute approximate surface area is 183 Å². The summed E-state index contributed by atoms with van der Waals surface area (Å²) in [6, 6.07) is 4.88. The van der Waals surface area contributed by atoms with Gasteiger partial charge in [0.1, 0.15) is 5.82 Å². The number of aromatic nitrogens is 2. The molecule has 0 aliphatic carbocycles. The Kier molecular flexibility index (Phi) is 5.71. The van der Waals surface area contributed by atoms with Crippen molar-refractivity contribution in [3.63, 3.8) is 0 Å². The number of hydrogen-bond acceptors (Lipinski definition) is 5. The zero-order valence-corrected chi connectivity index (χ0v) is 17.8. The van der Waals surface area contributed by atoms with E-state index in [0.717, 1.165) is 25.8 Å². The van der Waals surface area contributed by atoms with Crippen molar-refractivity contribution >= 4 is 52.5 Å². The molecule has 1 saturated heterocycles. The van der Waals surface area contributed by atoms with Gasteiger partial charge in [-0.25, -0.2) is 0 Å². The van der Waals surface area contributed by atoms with Gasteiger partial charge >= 0.3 is 0 Å². The second-order valence-electron chi connectivity index (χ2n) is 7.61. The summed E-state index contributed by atoms with van der Waals surface area (Å²) in [6.45, 7) is 2.85. The molecule has 3 heterocycles. The molecule has 2 aromatic rings. The fraction of sp³-hybridized carbons (Fsp3) is 0.400. The number of piperidine rings is 1. The number of carbonyl (C=O) groups excluding carboxylic acids is 2. The highest BCUT2D eigenvalue weighted by atomic mass is 35.5. The number of benzene rings is 1. The van der Waals surface area contributed by atoms with Gasteiger partial charge < -0.3 is 15.5 Å². The molecule has 3 N–H and O–H groups in total. The Morgan fingerprint density at radius 2 is 2.07 bits per heavy atom. The van der Waals surface area contributed by atoms with Crippen LogP contribution in [0, 0.1) is 0 Å². The Morgan fingerprint density at radius 3 is 2.80 bits per heavy atom. The molecule has 30 heavy (non-hydrogen) atoms. The Balaban J connectivity index is 1.66. The Hall–Kier alpha value is -2.58. The third kappa shape index (κ3) is 4.02. The van der Waals surface area contributed by atoms with Crippen LogP contribution in [-0.2, 0) is 9.59 Å². The van der Waals surface area contributed by atoms with Crippen LogP contribution in [-0.4, -0.2) is 34.4 Å². The van der Waals surface area contributed by atoms with Crippen LogP contribution in [0.4, 0.5) is 17.5 Å². The maximum atomic E-state index is 12.9. The number of anilines is 3. The number of hydrogen-bond donors (Lipinski definition) is 3. The fourth-order valence-electron chi connectivity index (χ4n) is 3.94. The van der Waals surface area contributed by atoms with E-state index in [9.17, 15) is 14.4 Å². The average Bonchev–Trinajstić information content (AvgIpc) is 2.69. The van der Waals surface area contributed by atoms with Crippen molar-refractivity contribution < 1.29 is 9.59 Å². The Morgan fingerprint density at radius 1 is 1.27 bits per heavy atom. The first-order valence-electron chi connectivity index (χ1n) is 9.80. The van der Waals surface area contributed by atoms with Crippen molar-refractivity contribution in [1.29, 1.82) is 0 Å². The van der Waals surface area contributed by atoms with Crippen LogP contribution in [0.25, 0.3) is 0 Å². The molecule has 1 aromatic heterocycles. The summed E-state index contributed by atoms with van der Waals surface area (Å²) in [5.41, 5.74) is 0.0578. The molecule has 4 rings (SSSR count). The molecular formula is C20H21Cl2N5O3. The summed E-state index contributed by atoms with van der Waals surface area (Å²) in [5, 5.41) is 6.02. The number of halogens is 2.